The number of halogens is 1. The van der Waals surface area contributed by atoms with Crippen molar-refractivity contribution in [1.29, 1.82) is 0 Å². The Hall–Kier alpha value is -0.630. The summed E-state index contributed by atoms with van der Waals surface area (Å²) in [6, 6.07) is 0.0324. The second-order valence-corrected chi connectivity index (χ2v) is 8.22. The SMILES string of the molecule is Cc1nn(C)c(C)c1S(=O)(=O)N1CCC(N)C(C)(C)C1.Cl. The van der Waals surface area contributed by atoms with Crippen LogP contribution in [0.2, 0.25) is 0 Å². The van der Waals surface area contributed by atoms with Crippen molar-refractivity contribution in [2.45, 2.75) is 45.1 Å². The van der Waals surface area contributed by atoms with Gasteiger partial charge in [-0.25, -0.2) is 8.42 Å². The van der Waals surface area contributed by atoms with E-state index in [1.54, 1.807) is 29.9 Å². The molecule has 1 aromatic heterocycles. The molecule has 21 heavy (non-hydrogen) atoms. The number of hydrogen-bond acceptors (Lipinski definition) is 4. The highest BCUT2D eigenvalue weighted by molar-refractivity contribution is 7.89. The first-order valence-corrected chi connectivity index (χ1v) is 8.27. The average molecular weight is 337 g/mol. The van der Waals surface area contributed by atoms with Gasteiger partial charge >= 0.3 is 0 Å². The Morgan fingerprint density at radius 1 is 1.33 bits per heavy atom. The number of rotatable bonds is 2. The summed E-state index contributed by atoms with van der Waals surface area (Å²) in [6.07, 6.45) is 0.685. The Morgan fingerprint density at radius 2 is 1.90 bits per heavy atom. The Kier molecular flexibility index (Phi) is 5.15. The van der Waals surface area contributed by atoms with Crippen molar-refractivity contribution in [3.05, 3.63) is 11.4 Å². The molecule has 1 aliphatic heterocycles. The summed E-state index contributed by atoms with van der Waals surface area (Å²) < 4.78 is 28.9. The molecule has 1 aromatic rings. The molecule has 0 aromatic carbocycles. The van der Waals surface area contributed by atoms with Crippen LogP contribution in [0.3, 0.4) is 0 Å². The Balaban J connectivity index is 0.00000220. The van der Waals surface area contributed by atoms with E-state index in [2.05, 4.69) is 5.10 Å². The van der Waals surface area contributed by atoms with Crippen LogP contribution in [0.1, 0.15) is 31.7 Å². The zero-order valence-electron chi connectivity index (χ0n) is 13.3. The first-order valence-electron chi connectivity index (χ1n) is 6.83. The summed E-state index contributed by atoms with van der Waals surface area (Å²) in [4.78, 5) is 0.339. The van der Waals surface area contributed by atoms with Crippen molar-refractivity contribution in [2.75, 3.05) is 13.1 Å². The van der Waals surface area contributed by atoms with Gasteiger partial charge < -0.3 is 5.73 Å². The number of nitrogens with two attached hydrogens (primary N) is 1. The minimum atomic E-state index is -3.50. The lowest BCUT2D eigenvalue weighted by Gasteiger charge is -2.41. The highest BCUT2D eigenvalue weighted by Gasteiger charge is 2.40. The number of aryl methyl sites for hydroxylation is 2. The zero-order chi connectivity index (χ0) is 15.3. The maximum absolute atomic E-state index is 12.9. The number of piperidine rings is 1. The molecule has 0 amide bonds. The van der Waals surface area contributed by atoms with Gasteiger partial charge in [-0.2, -0.15) is 9.40 Å². The molecular weight excluding hydrogens is 312 g/mol. The van der Waals surface area contributed by atoms with Gasteiger partial charge in [-0.05, 0) is 25.7 Å². The van der Waals surface area contributed by atoms with E-state index in [1.807, 2.05) is 13.8 Å². The highest BCUT2D eigenvalue weighted by atomic mass is 35.5. The predicted octanol–water partition coefficient (Wildman–Crippen LogP) is 1.21. The van der Waals surface area contributed by atoms with Gasteiger partial charge in [0.15, 0.2) is 0 Å². The summed E-state index contributed by atoms with van der Waals surface area (Å²) in [5.41, 5.74) is 7.10. The maximum Gasteiger partial charge on any atom is 0.246 e. The molecule has 1 aliphatic rings. The third-order valence-electron chi connectivity index (χ3n) is 4.32. The molecule has 1 atom stereocenters. The molecule has 0 saturated carbocycles. The summed E-state index contributed by atoms with van der Waals surface area (Å²) in [5, 5.41) is 4.21. The monoisotopic (exact) mass is 336 g/mol. The van der Waals surface area contributed by atoms with Gasteiger partial charge in [-0.15, -0.1) is 12.4 Å². The first kappa shape index (κ1) is 18.4. The highest BCUT2D eigenvalue weighted by Crippen LogP contribution is 2.32. The Labute approximate surface area is 133 Å². The minimum Gasteiger partial charge on any atom is -0.327 e. The van der Waals surface area contributed by atoms with Crippen molar-refractivity contribution in [3.8, 4) is 0 Å². The normalized spacial score (nSPS) is 22.9. The lowest BCUT2D eigenvalue weighted by Crippen LogP contribution is -2.53. The molecule has 2 N–H and O–H groups in total. The quantitative estimate of drug-likeness (QED) is 0.880. The fraction of sp³-hybridized carbons (Fsp3) is 0.769. The smallest absolute Gasteiger partial charge is 0.246 e. The topological polar surface area (TPSA) is 81.2 Å². The molecule has 2 rings (SSSR count). The summed E-state index contributed by atoms with van der Waals surface area (Å²) >= 11 is 0. The fourth-order valence-electron chi connectivity index (χ4n) is 2.79. The van der Waals surface area contributed by atoms with Crippen molar-refractivity contribution < 1.29 is 8.42 Å². The van der Waals surface area contributed by atoms with Gasteiger partial charge in [0, 0.05) is 26.2 Å². The molecule has 6 nitrogen and oxygen atoms in total. The first-order chi connectivity index (χ1) is 9.07. The van der Waals surface area contributed by atoms with E-state index in [1.165, 1.54) is 0 Å². The minimum absolute atomic E-state index is 0. The lowest BCUT2D eigenvalue weighted by atomic mass is 9.81. The number of hydrogen-bond donors (Lipinski definition) is 1. The van der Waals surface area contributed by atoms with Gasteiger partial charge in [0.05, 0.1) is 11.4 Å². The van der Waals surface area contributed by atoms with Crippen LogP contribution in [0, 0.1) is 19.3 Å². The number of sulfonamides is 1. The molecule has 1 fully saturated rings. The van der Waals surface area contributed by atoms with E-state index in [-0.39, 0.29) is 23.9 Å². The summed E-state index contributed by atoms with van der Waals surface area (Å²) in [6.45, 7) is 8.48. The van der Waals surface area contributed by atoms with Crippen molar-refractivity contribution in [3.63, 3.8) is 0 Å². The molecule has 2 heterocycles. The van der Waals surface area contributed by atoms with Crippen LogP contribution in [0.15, 0.2) is 4.90 Å². The zero-order valence-corrected chi connectivity index (χ0v) is 14.9. The number of nitrogens with zero attached hydrogens (tertiary/aromatic N) is 3. The summed E-state index contributed by atoms with van der Waals surface area (Å²) in [7, 11) is -1.74. The van der Waals surface area contributed by atoms with Crippen LogP contribution in [-0.4, -0.2) is 41.6 Å². The predicted molar refractivity (Wildman–Crippen MR) is 85.1 cm³/mol. The van der Waals surface area contributed by atoms with Crippen LogP contribution in [0.25, 0.3) is 0 Å². The van der Waals surface area contributed by atoms with Crippen LogP contribution in [-0.2, 0) is 17.1 Å². The van der Waals surface area contributed by atoms with Crippen molar-refractivity contribution in [2.24, 2.45) is 18.2 Å². The van der Waals surface area contributed by atoms with E-state index in [4.69, 9.17) is 5.73 Å². The molecule has 0 spiro atoms. The molecule has 0 radical (unpaired) electrons. The van der Waals surface area contributed by atoms with Crippen LogP contribution >= 0.6 is 12.4 Å². The van der Waals surface area contributed by atoms with Crippen LogP contribution < -0.4 is 5.73 Å². The largest absolute Gasteiger partial charge is 0.327 e. The van der Waals surface area contributed by atoms with E-state index in [0.29, 0.717) is 35.8 Å². The average Bonchev–Trinajstić information content (AvgIpc) is 2.57. The molecule has 1 unspecified atom stereocenters. The summed E-state index contributed by atoms with van der Waals surface area (Å²) in [5.74, 6) is 0. The van der Waals surface area contributed by atoms with Gasteiger partial charge in [0.1, 0.15) is 4.90 Å². The molecule has 0 aliphatic carbocycles. The van der Waals surface area contributed by atoms with Crippen molar-refractivity contribution in [1.82, 2.24) is 14.1 Å². The molecule has 8 heteroatoms. The second kappa shape index (κ2) is 5.87. The van der Waals surface area contributed by atoms with Gasteiger partial charge in [-0.1, -0.05) is 13.8 Å². The van der Waals surface area contributed by atoms with E-state index >= 15 is 0 Å². The molecule has 0 bridgehead atoms. The lowest BCUT2D eigenvalue weighted by molar-refractivity contribution is 0.155. The molecule has 122 valence electrons. The van der Waals surface area contributed by atoms with Crippen LogP contribution in [0.4, 0.5) is 0 Å². The Bertz CT molecular complexity index is 624. The molecular formula is C13H25ClN4O2S. The molecule has 1 saturated heterocycles. The fourth-order valence-corrected chi connectivity index (χ4v) is 4.81. The second-order valence-electron chi connectivity index (χ2n) is 6.35. The number of aromatic nitrogens is 2. The Morgan fingerprint density at radius 3 is 2.33 bits per heavy atom. The van der Waals surface area contributed by atoms with E-state index in [9.17, 15) is 8.42 Å². The van der Waals surface area contributed by atoms with Gasteiger partial charge in [0.25, 0.3) is 0 Å². The van der Waals surface area contributed by atoms with Crippen molar-refractivity contribution >= 4 is 22.4 Å². The standard InChI is InChI=1S/C13H24N4O2S.ClH/c1-9-12(10(2)16(5)15-9)20(18,19)17-7-6-11(14)13(3,4)8-17;/h11H,6-8,14H2,1-5H3;1H. The van der Waals surface area contributed by atoms with E-state index < -0.39 is 10.0 Å². The van der Waals surface area contributed by atoms with Gasteiger partial charge in [0.2, 0.25) is 10.0 Å². The third kappa shape index (κ3) is 3.11. The van der Waals surface area contributed by atoms with Crippen LogP contribution in [0.5, 0.6) is 0 Å². The maximum atomic E-state index is 12.9. The van der Waals surface area contributed by atoms with E-state index in [0.717, 1.165) is 0 Å². The van der Waals surface area contributed by atoms with Gasteiger partial charge in [-0.3, -0.25) is 4.68 Å². The third-order valence-corrected chi connectivity index (χ3v) is 6.42.